The van der Waals surface area contributed by atoms with Gasteiger partial charge < -0.3 is 32.7 Å². The van der Waals surface area contributed by atoms with Crippen molar-refractivity contribution in [2.24, 2.45) is 0 Å². The molecule has 14 heteroatoms. The number of benzene rings is 1. The molecule has 1 heterocycles. The number of ether oxygens (including phenoxy) is 5. The molecule has 1 saturated heterocycles. The summed E-state index contributed by atoms with van der Waals surface area (Å²) >= 11 is 0. The summed E-state index contributed by atoms with van der Waals surface area (Å²) in [6.07, 6.45) is -9.33. The van der Waals surface area contributed by atoms with Gasteiger partial charge in [0.15, 0.2) is 6.10 Å². The first-order valence-corrected chi connectivity index (χ1v) is 13.5. The molecule has 0 amide bonds. The van der Waals surface area contributed by atoms with E-state index in [4.69, 9.17) is 32.7 Å². The summed E-state index contributed by atoms with van der Waals surface area (Å²) in [5.74, 6) is -2.60. The first-order chi connectivity index (χ1) is 17.8. The topological polar surface area (TPSA) is 133 Å². The van der Waals surface area contributed by atoms with E-state index >= 15 is 8.78 Å². The Labute approximate surface area is 219 Å². The van der Waals surface area contributed by atoms with Crippen LogP contribution in [0.5, 0.6) is 0 Å². The van der Waals surface area contributed by atoms with E-state index in [9.17, 15) is 18.9 Å². The maximum Gasteiger partial charge on any atom is 0.399 e. The van der Waals surface area contributed by atoms with Crippen LogP contribution in [0, 0.1) is 0 Å². The Balaban J connectivity index is 2.55. The highest BCUT2D eigenvalue weighted by Crippen LogP contribution is 2.64. The van der Waals surface area contributed by atoms with Gasteiger partial charge in [-0.1, -0.05) is 30.3 Å². The third kappa shape index (κ3) is 8.54. The van der Waals surface area contributed by atoms with Gasteiger partial charge in [-0.15, -0.1) is 0 Å². The zero-order chi connectivity index (χ0) is 28.5. The van der Waals surface area contributed by atoms with Crippen LogP contribution in [0.4, 0.5) is 8.78 Å². The number of esters is 3. The number of carbonyl (C=O) groups is 3. The molecule has 1 aliphatic heterocycles. The van der Waals surface area contributed by atoms with Crippen molar-refractivity contribution in [3.63, 3.8) is 0 Å². The third-order valence-corrected chi connectivity index (χ3v) is 7.39. The molecule has 0 saturated carbocycles. The first kappa shape index (κ1) is 31.8. The maximum atomic E-state index is 15.5. The van der Waals surface area contributed by atoms with Crippen LogP contribution in [-0.4, -0.2) is 67.5 Å². The third-order valence-electron chi connectivity index (χ3n) is 5.21. The molecular weight excluding hydrogens is 533 g/mol. The van der Waals surface area contributed by atoms with Crippen molar-refractivity contribution < 1.29 is 60.5 Å². The minimum atomic E-state index is -4.99. The van der Waals surface area contributed by atoms with Crippen LogP contribution >= 0.6 is 7.60 Å². The van der Waals surface area contributed by atoms with E-state index < -0.39 is 68.3 Å². The first-order valence-electron chi connectivity index (χ1n) is 11.9. The van der Waals surface area contributed by atoms with Crippen molar-refractivity contribution in [1.82, 2.24) is 0 Å². The molecule has 2 rings (SSSR count). The molecule has 0 aliphatic carbocycles. The van der Waals surface area contributed by atoms with Gasteiger partial charge in [0.2, 0.25) is 12.4 Å². The average Bonchev–Trinajstić information content (AvgIpc) is 2.81. The SMILES string of the molecule is CCOP(=O)(OCC)C(F)(F)C[C@H]1OC(OC(C)=O)[C@@H](OC(C)=O)[C@@H](OC(C)=O)[C@@H]1OCc1ccccc1. The Bertz CT molecular complexity index is 981. The highest BCUT2D eigenvalue weighted by Gasteiger charge is 2.60. The lowest BCUT2D eigenvalue weighted by Gasteiger charge is -2.45. The molecule has 1 aromatic rings. The molecule has 1 unspecified atom stereocenters. The minimum Gasteiger partial charge on any atom is -0.455 e. The number of rotatable bonds is 13. The zero-order valence-electron chi connectivity index (χ0n) is 21.8. The molecule has 11 nitrogen and oxygen atoms in total. The molecule has 214 valence electrons. The summed E-state index contributed by atoms with van der Waals surface area (Å²) in [6, 6.07) is 8.63. The molecule has 1 fully saturated rings. The quantitative estimate of drug-likeness (QED) is 0.195. The summed E-state index contributed by atoms with van der Waals surface area (Å²) in [6.45, 7) is 5.08. The van der Waals surface area contributed by atoms with E-state index in [0.717, 1.165) is 20.8 Å². The lowest BCUT2D eigenvalue weighted by atomic mass is 9.95. The molecule has 5 atom stereocenters. The van der Waals surface area contributed by atoms with E-state index in [2.05, 4.69) is 0 Å². The van der Waals surface area contributed by atoms with Crippen LogP contribution in [0.3, 0.4) is 0 Å². The van der Waals surface area contributed by atoms with Crippen LogP contribution in [0.15, 0.2) is 30.3 Å². The Morgan fingerprint density at radius 2 is 1.39 bits per heavy atom. The summed E-state index contributed by atoms with van der Waals surface area (Å²) in [5.41, 5.74) is -3.46. The number of alkyl halides is 2. The monoisotopic (exact) mass is 566 g/mol. The summed E-state index contributed by atoms with van der Waals surface area (Å²) in [4.78, 5) is 35.6. The van der Waals surface area contributed by atoms with Crippen LogP contribution in [0.1, 0.15) is 46.6 Å². The van der Waals surface area contributed by atoms with Crippen molar-refractivity contribution in [3.05, 3.63) is 35.9 Å². The van der Waals surface area contributed by atoms with Gasteiger partial charge in [0, 0.05) is 20.8 Å². The highest BCUT2D eigenvalue weighted by molar-refractivity contribution is 7.55. The van der Waals surface area contributed by atoms with E-state index in [1.54, 1.807) is 30.3 Å². The molecule has 1 aromatic carbocycles. The largest absolute Gasteiger partial charge is 0.455 e. The van der Waals surface area contributed by atoms with E-state index in [1.807, 2.05) is 0 Å². The molecule has 0 spiro atoms. The molecule has 0 N–H and O–H groups in total. The fraction of sp³-hybridized carbons (Fsp3) is 0.625. The smallest absolute Gasteiger partial charge is 0.399 e. The Kier molecular flexibility index (Phi) is 11.8. The lowest BCUT2D eigenvalue weighted by Crippen LogP contribution is -2.62. The van der Waals surface area contributed by atoms with E-state index in [-0.39, 0.29) is 19.8 Å². The number of carbonyl (C=O) groups excluding carboxylic acids is 3. The summed E-state index contributed by atoms with van der Waals surface area (Å²) in [5, 5.41) is 0. The van der Waals surface area contributed by atoms with Crippen molar-refractivity contribution in [2.45, 2.75) is 84.0 Å². The lowest BCUT2D eigenvalue weighted by molar-refractivity contribution is -0.306. The molecule has 38 heavy (non-hydrogen) atoms. The van der Waals surface area contributed by atoms with Crippen molar-refractivity contribution >= 4 is 25.5 Å². The maximum absolute atomic E-state index is 15.5. The van der Waals surface area contributed by atoms with Gasteiger partial charge in [0.25, 0.3) is 0 Å². The van der Waals surface area contributed by atoms with Crippen molar-refractivity contribution in [3.8, 4) is 0 Å². The molecular formula is C24H33F2O11P. The molecule has 0 bridgehead atoms. The van der Waals surface area contributed by atoms with Gasteiger partial charge in [0.1, 0.15) is 6.10 Å². The predicted molar refractivity (Wildman–Crippen MR) is 127 cm³/mol. The second kappa shape index (κ2) is 14.1. The van der Waals surface area contributed by atoms with E-state index in [0.29, 0.717) is 5.56 Å². The van der Waals surface area contributed by atoms with Gasteiger partial charge in [-0.2, -0.15) is 8.78 Å². The fourth-order valence-corrected chi connectivity index (χ4v) is 5.37. The molecule has 1 aliphatic rings. The minimum absolute atomic E-state index is 0.145. The normalized spacial score (nSPS) is 23.9. The Hall–Kier alpha value is -2.44. The highest BCUT2D eigenvalue weighted by atomic mass is 31.2. The van der Waals surface area contributed by atoms with Crippen molar-refractivity contribution in [2.75, 3.05) is 13.2 Å². The van der Waals surface area contributed by atoms with Crippen molar-refractivity contribution in [1.29, 1.82) is 0 Å². The number of halogens is 2. The van der Waals surface area contributed by atoms with Crippen LogP contribution in [0.25, 0.3) is 0 Å². The van der Waals surface area contributed by atoms with Crippen LogP contribution in [-0.2, 0) is 58.3 Å². The number of hydrogen-bond acceptors (Lipinski definition) is 11. The van der Waals surface area contributed by atoms with E-state index in [1.165, 1.54) is 13.8 Å². The van der Waals surface area contributed by atoms with Gasteiger partial charge in [-0.25, -0.2) is 0 Å². The predicted octanol–water partition coefficient (Wildman–Crippen LogP) is 3.97. The number of hydrogen-bond donors (Lipinski definition) is 0. The fourth-order valence-electron chi connectivity index (χ4n) is 3.83. The summed E-state index contributed by atoms with van der Waals surface area (Å²) in [7, 11) is -4.99. The summed E-state index contributed by atoms with van der Waals surface area (Å²) < 4.78 is 80.9. The van der Waals surface area contributed by atoms with Gasteiger partial charge in [0.05, 0.1) is 32.3 Å². The van der Waals surface area contributed by atoms with Gasteiger partial charge in [-0.05, 0) is 19.4 Å². The average molecular weight is 566 g/mol. The molecule has 0 aromatic heterocycles. The second-order valence-corrected chi connectivity index (χ2v) is 10.4. The zero-order valence-corrected chi connectivity index (χ0v) is 22.7. The Morgan fingerprint density at radius 1 is 0.868 bits per heavy atom. The Morgan fingerprint density at radius 3 is 1.89 bits per heavy atom. The van der Waals surface area contributed by atoms with Gasteiger partial charge in [-0.3, -0.25) is 18.9 Å². The van der Waals surface area contributed by atoms with Crippen LogP contribution in [0.2, 0.25) is 0 Å². The standard InChI is InChI=1S/C24H33F2O11P/c1-6-32-38(30,33-7-2)24(25,26)13-19-20(31-14-18-11-9-8-10-12-18)21(34-15(3)27)22(35-16(4)28)23(37-19)36-17(5)29/h8-12,19-23H,6-7,13-14H2,1-5H3/t19-,20-,21+,22+,23?/m1/s1. The van der Waals surface area contributed by atoms with Crippen LogP contribution < -0.4 is 0 Å². The second-order valence-electron chi connectivity index (χ2n) is 8.26. The van der Waals surface area contributed by atoms with Gasteiger partial charge >= 0.3 is 31.2 Å². The molecule has 0 radical (unpaired) electrons.